The molecule has 0 saturated heterocycles. The number of halogens is 1. The van der Waals surface area contributed by atoms with Crippen LogP contribution in [0.1, 0.15) is 13.8 Å². The smallest absolute Gasteiger partial charge is 0.276 e. The fourth-order valence-electron chi connectivity index (χ4n) is 1.78. The number of rotatable bonds is 7. The second-order valence-corrected chi connectivity index (χ2v) is 5.74. The Balaban J connectivity index is 1.90. The van der Waals surface area contributed by atoms with Gasteiger partial charge in [-0.25, -0.2) is 0 Å². The van der Waals surface area contributed by atoms with Gasteiger partial charge in [-0.1, -0.05) is 37.2 Å². The number of nitrogens with zero attached hydrogens (tertiary/aromatic N) is 3. The molecule has 0 unspecified atom stereocenters. The molecule has 0 spiro atoms. The van der Waals surface area contributed by atoms with E-state index in [1.54, 1.807) is 11.8 Å². The first-order chi connectivity index (χ1) is 9.72. The zero-order chi connectivity index (χ0) is 14.4. The number of benzene rings is 1. The molecule has 1 heterocycles. The predicted octanol–water partition coefficient (Wildman–Crippen LogP) is 3.82. The first-order valence-electron chi connectivity index (χ1n) is 6.67. The van der Waals surface area contributed by atoms with Gasteiger partial charge >= 0.3 is 0 Å². The van der Waals surface area contributed by atoms with E-state index >= 15 is 0 Å². The highest BCUT2D eigenvalue weighted by Crippen LogP contribution is 2.24. The monoisotopic (exact) mass is 311 g/mol. The number of aromatic nitrogens is 2. The molecule has 2 aromatic rings. The number of hydrogen-bond donors (Lipinski definition) is 0. The van der Waals surface area contributed by atoms with Crippen LogP contribution in [0, 0.1) is 0 Å². The molecule has 108 valence electrons. The molecule has 0 N–H and O–H groups in total. The molecular formula is C14H18ClN3OS. The van der Waals surface area contributed by atoms with Crippen LogP contribution in [0.4, 0.5) is 0 Å². The van der Waals surface area contributed by atoms with E-state index in [2.05, 4.69) is 28.9 Å². The third-order valence-electron chi connectivity index (χ3n) is 3.03. The van der Waals surface area contributed by atoms with Crippen LogP contribution in [0.2, 0.25) is 5.02 Å². The largest absolute Gasteiger partial charge is 0.411 e. The molecule has 0 aliphatic carbocycles. The van der Waals surface area contributed by atoms with Gasteiger partial charge in [0.2, 0.25) is 5.89 Å². The summed E-state index contributed by atoms with van der Waals surface area (Å²) < 4.78 is 5.64. The summed E-state index contributed by atoms with van der Waals surface area (Å²) >= 11 is 7.44. The van der Waals surface area contributed by atoms with Crippen LogP contribution in [0.3, 0.4) is 0 Å². The van der Waals surface area contributed by atoms with Gasteiger partial charge in [0, 0.05) is 22.9 Å². The van der Waals surface area contributed by atoms with Gasteiger partial charge in [0.05, 0.1) is 0 Å². The molecule has 0 bridgehead atoms. The Labute approximate surface area is 128 Å². The van der Waals surface area contributed by atoms with Crippen molar-refractivity contribution >= 4 is 23.4 Å². The van der Waals surface area contributed by atoms with Crippen molar-refractivity contribution in [2.24, 2.45) is 0 Å². The molecule has 0 saturated carbocycles. The first-order valence-corrected chi connectivity index (χ1v) is 8.04. The van der Waals surface area contributed by atoms with Crippen molar-refractivity contribution in [1.29, 1.82) is 0 Å². The summed E-state index contributed by atoms with van der Waals surface area (Å²) in [5, 5.41) is 9.43. The molecule has 20 heavy (non-hydrogen) atoms. The van der Waals surface area contributed by atoms with Crippen LogP contribution in [0.5, 0.6) is 0 Å². The molecule has 0 amide bonds. The summed E-state index contributed by atoms with van der Waals surface area (Å²) in [4.78, 5) is 2.36. The Morgan fingerprint density at radius 1 is 1.15 bits per heavy atom. The maximum absolute atomic E-state index is 5.85. The van der Waals surface area contributed by atoms with Gasteiger partial charge in [-0.05, 0) is 37.4 Å². The topological polar surface area (TPSA) is 42.2 Å². The molecule has 0 atom stereocenters. The normalized spacial score (nSPS) is 11.2. The van der Waals surface area contributed by atoms with Gasteiger partial charge in [-0.2, -0.15) is 0 Å². The summed E-state index contributed by atoms with van der Waals surface area (Å²) in [7, 11) is 0. The van der Waals surface area contributed by atoms with Gasteiger partial charge in [0.25, 0.3) is 5.22 Å². The Morgan fingerprint density at radius 3 is 2.50 bits per heavy atom. The van der Waals surface area contributed by atoms with Crippen LogP contribution in [-0.4, -0.2) is 40.5 Å². The summed E-state index contributed by atoms with van der Waals surface area (Å²) in [6.45, 7) is 7.49. The zero-order valence-corrected chi connectivity index (χ0v) is 13.2. The molecule has 6 heteroatoms. The maximum Gasteiger partial charge on any atom is 0.276 e. The Bertz CT molecular complexity index is 525. The van der Waals surface area contributed by atoms with E-state index < -0.39 is 0 Å². The Morgan fingerprint density at radius 2 is 1.85 bits per heavy atom. The molecule has 0 aliphatic heterocycles. The van der Waals surface area contributed by atoms with Crippen molar-refractivity contribution in [3.63, 3.8) is 0 Å². The second-order valence-electron chi connectivity index (χ2n) is 4.26. The van der Waals surface area contributed by atoms with E-state index in [-0.39, 0.29) is 0 Å². The van der Waals surface area contributed by atoms with Crippen molar-refractivity contribution in [3.8, 4) is 11.5 Å². The van der Waals surface area contributed by atoms with Crippen molar-refractivity contribution in [2.75, 3.05) is 25.4 Å². The zero-order valence-electron chi connectivity index (χ0n) is 11.7. The molecule has 0 fully saturated rings. The number of thioether (sulfide) groups is 1. The lowest BCUT2D eigenvalue weighted by molar-refractivity contribution is 0.323. The maximum atomic E-state index is 5.85. The SMILES string of the molecule is CCN(CC)CCSc1nnc(-c2ccc(Cl)cc2)o1. The standard InChI is InChI=1S/C14H18ClN3OS/c1-3-18(4-2)9-10-20-14-17-16-13(19-14)11-5-7-12(15)8-6-11/h5-8H,3-4,9-10H2,1-2H3. The van der Waals surface area contributed by atoms with Crippen molar-refractivity contribution in [2.45, 2.75) is 19.1 Å². The van der Waals surface area contributed by atoms with E-state index in [0.29, 0.717) is 16.1 Å². The van der Waals surface area contributed by atoms with Crippen LogP contribution < -0.4 is 0 Å². The van der Waals surface area contributed by atoms with Gasteiger partial charge < -0.3 is 9.32 Å². The van der Waals surface area contributed by atoms with E-state index in [0.717, 1.165) is 31.0 Å². The molecule has 0 radical (unpaired) electrons. The Hall–Kier alpha value is -1.04. The first kappa shape index (κ1) is 15.4. The van der Waals surface area contributed by atoms with Crippen LogP contribution in [0.25, 0.3) is 11.5 Å². The predicted molar refractivity (Wildman–Crippen MR) is 83.3 cm³/mol. The van der Waals surface area contributed by atoms with Gasteiger partial charge in [-0.15, -0.1) is 10.2 Å². The highest BCUT2D eigenvalue weighted by molar-refractivity contribution is 7.99. The highest BCUT2D eigenvalue weighted by Gasteiger charge is 2.09. The highest BCUT2D eigenvalue weighted by atomic mass is 35.5. The van der Waals surface area contributed by atoms with Gasteiger partial charge in [0.15, 0.2) is 0 Å². The quantitative estimate of drug-likeness (QED) is 0.727. The second kappa shape index (κ2) is 7.67. The molecule has 2 rings (SSSR count). The molecule has 4 nitrogen and oxygen atoms in total. The molecule has 1 aromatic carbocycles. The van der Waals surface area contributed by atoms with Crippen LogP contribution >= 0.6 is 23.4 Å². The summed E-state index contributed by atoms with van der Waals surface area (Å²) in [6, 6.07) is 7.38. The van der Waals surface area contributed by atoms with E-state index in [1.165, 1.54) is 0 Å². The van der Waals surface area contributed by atoms with Gasteiger partial charge in [0.1, 0.15) is 0 Å². The third kappa shape index (κ3) is 4.23. The van der Waals surface area contributed by atoms with Crippen molar-refractivity contribution < 1.29 is 4.42 Å². The summed E-state index contributed by atoms with van der Waals surface area (Å²) in [6.07, 6.45) is 0. The van der Waals surface area contributed by atoms with Crippen molar-refractivity contribution in [3.05, 3.63) is 29.3 Å². The lowest BCUT2D eigenvalue weighted by Crippen LogP contribution is -2.25. The summed E-state index contributed by atoms with van der Waals surface area (Å²) in [5.74, 6) is 1.48. The Kier molecular flexibility index (Phi) is 5.88. The third-order valence-corrected chi connectivity index (χ3v) is 4.08. The van der Waals surface area contributed by atoms with E-state index in [9.17, 15) is 0 Å². The average molecular weight is 312 g/mol. The van der Waals surface area contributed by atoms with Crippen LogP contribution in [-0.2, 0) is 0 Å². The molecular weight excluding hydrogens is 294 g/mol. The minimum atomic E-state index is 0.534. The molecule has 0 aliphatic rings. The minimum Gasteiger partial charge on any atom is -0.411 e. The lowest BCUT2D eigenvalue weighted by atomic mass is 10.2. The minimum absolute atomic E-state index is 0.534. The average Bonchev–Trinajstić information content (AvgIpc) is 2.93. The molecule has 1 aromatic heterocycles. The fraction of sp³-hybridized carbons (Fsp3) is 0.429. The number of hydrogen-bond acceptors (Lipinski definition) is 5. The lowest BCUT2D eigenvalue weighted by Gasteiger charge is -2.16. The van der Waals surface area contributed by atoms with E-state index in [1.807, 2.05) is 24.3 Å². The van der Waals surface area contributed by atoms with Crippen molar-refractivity contribution in [1.82, 2.24) is 15.1 Å². The summed E-state index contributed by atoms with van der Waals surface area (Å²) in [5.41, 5.74) is 0.887. The van der Waals surface area contributed by atoms with Crippen LogP contribution in [0.15, 0.2) is 33.9 Å². The fourth-order valence-corrected chi connectivity index (χ4v) is 2.67. The van der Waals surface area contributed by atoms with E-state index in [4.69, 9.17) is 16.0 Å². The van der Waals surface area contributed by atoms with Gasteiger partial charge in [-0.3, -0.25) is 0 Å².